The largest absolute Gasteiger partial charge is 0.397 e. The molecular formula is C8H21NO2. The maximum Gasteiger partial charge on any atom is 0.0582 e. The molecule has 4 N–H and O–H groups in total. The first-order valence-corrected chi connectivity index (χ1v) is 4.20. The van der Waals surface area contributed by atoms with Gasteiger partial charge in [0, 0.05) is 12.6 Å². The zero-order valence-corrected chi connectivity index (χ0v) is 7.58. The summed E-state index contributed by atoms with van der Waals surface area (Å²) in [6.45, 7) is 4.17. The highest BCUT2D eigenvalue weighted by molar-refractivity contribution is 4.56. The van der Waals surface area contributed by atoms with Gasteiger partial charge in [-0.3, -0.25) is 0 Å². The lowest BCUT2D eigenvalue weighted by molar-refractivity contribution is 0.258. The molecule has 11 heavy (non-hydrogen) atoms. The number of aliphatic hydroxyl groups excluding tert-OH is 2. The summed E-state index contributed by atoms with van der Waals surface area (Å²) in [5.41, 5.74) is 5.41. The molecule has 3 heteroatoms. The summed E-state index contributed by atoms with van der Waals surface area (Å²) in [6, 6.07) is 0.00921. The van der Waals surface area contributed by atoms with E-state index in [9.17, 15) is 0 Å². The van der Waals surface area contributed by atoms with Gasteiger partial charge in [-0.15, -0.1) is 0 Å². The predicted octanol–water partition coefficient (Wildman–Crippen LogP) is 0.495. The summed E-state index contributed by atoms with van der Waals surface area (Å²) in [7, 11) is 0. The van der Waals surface area contributed by atoms with Crippen LogP contribution in [0.25, 0.3) is 0 Å². The summed E-state index contributed by atoms with van der Waals surface area (Å²) in [5, 5.41) is 16.0. The van der Waals surface area contributed by atoms with Gasteiger partial charge in [-0.1, -0.05) is 19.8 Å². The average Bonchev–Trinajstić information content (AvgIpc) is 2.02. The van der Waals surface area contributed by atoms with Crippen LogP contribution in [0.15, 0.2) is 0 Å². The van der Waals surface area contributed by atoms with E-state index in [1.807, 2.05) is 0 Å². The Kier molecular flexibility index (Phi) is 15.4. The fourth-order valence-corrected chi connectivity index (χ4v) is 0.558. The van der Waals surface area contributed by atoms with Crippen LogP contribution in [-0.4, -0.2) is 29.5 Å². The molecule has 0 aliphatic heterocycles. The molecule has 0 bridgehead atoms. The van der Waals surface area contributed by atoms with Crippen molar-refractivity contribution in [3.8, 4) is 0 Å². The lowest BCUT2D eigenvalue weighted by atomic mass is 10.1. The van der Waals surface area contributed by atoms with Crippen molar-refractivity contribution in [2.75, 3.05) is 13.2 Å². The molecular weight excluding hydrogens is 142 g/mol. The van der Waals surface area contributed by atoms with Gasteiger partial charge in [-0.25, -0.2) is 0 Å². The first kappa shape index (κ1) is 13.5. The molecule has 0 saturated heterocycles. The van der Waals surface area contributed by atoms with E-state index in [2.05, 4.69) is 6.92 Å². The van der Waals surface area contributed by atoms with Crippen LogP contribution in [0.5, 0.6) is 0 Å². The smallest absolute Gasteiger partial charge is 0.0582 e. The van der Waals surface area contributed by atoms with Gasteiger partial charge in [0.15, 0.2) is 0 Å². The Morgan fingerprint density at radius 3 is 2.00 bits per heavy atom. The first-order valence-electron chi connectivity index (χ1n) is 4.20. The highest BCUT2D eigenvalue weighted by atomic mass is 16.3. The van der Waals surface area contributed by atoms with E-state index in [-0.39, 0.29) is 19.3 Å². The number of aliphatic hydroxyl groups is 2. The number of nitrogens with two attached hydrogens (primary N) is 1. The number of unbranched alkanes of at least 4 members (excludes halogenated alkanes) is 1. The summed E-state index contributed by atoms with van der Waals surface area (Å²) >= 11 is 0. The third-order valence-electron chi connectivity index (χ3n) is 1.16. The second-order valence-corrected chi connectivity index (χ2v) is 2.40. The minimum atomic E-state index is 0.00921. The van der Waals surface area contributed by atoms with Gasteiger partial charge in [0.2, 0.25) is 0 Å². The molecule has 3 nitrogen and oxygen atoms in total. The summed E-state index contributed by atoms with van der Waals surface area (Å²) in [6.07, 6.45) is 3.24. The maximum atomic E-state index is 8.44. The highest BCUT2D eigenvalue weighted by Gasteiger charge is 1.96. The summed E-state index contributed by atoms with van der Waals surface area (Å²) in [4.78, 5) is 0. The van der Waals surface area contributed by atoms with Crippen molar-refractivity contribution in [3.05, 3.63) is 0 Å². The molecule has 1 atom stereocenters. The van der Waals surface area contributed by atoms with Gasteiger partial charge in [0.05, 0.1) is 6.61 Å². The lowest BCUT2D eigenvalue weighted by Crippen LogP contribution is -2.23. The third kappa shape index (κ3) is 17.7. The molecule has 0 aromatic heterocycles. The zero-order valence-electron chi connectivity index (χ0n) is 7.58. The molecule has 0 heterocycles. The van der Waals surface area contributed by atoms with E-state index in [0.717, 1.165) is 19.3 Å². The molecule has 0 aliphatic carbocycles. The number of rotatable bonds is 4. The molecule has 0 amide bonds. The quantitative estimate of drug-likeness (QED) is 0.565. The van der Waals surface area contributed by atoms with Crippen molar-refractivity contribution in [2.24, 2.45) is 5.73 Å². The molecule has 0 saturated carbocycles. The molecule has 0 spiro atoms. The topological polar surface area (TPSA) is 66.5 Å². The monoisotopic (exact) mass is 163 g/mol. The molecule has 0 aliphatic rings. The van der Waals surface area contributed by atoms with Crippen LogP contribution in [0.4, 0.5) is 0 Å². The standard InChI is InChI=1S/C6H15NO.C2H6O/c1-2-3-4-6(7)5-8;1-2-3/h6,8H,2-5,7H2,1H3;3H,2H2,1H3/t6-;/m0./s1. The Hall–Kier alpha value is -0.120. The minimum Gasteiger partial charge on any atom is -0.397 e. The van der Waals surface area contributed by atoms with Crippen LogP contribution < -0.4 is 5.73 Å². The van der Waals surface area contributed by atoms with E-state index >= 15 is 0 Å². The summed E-state index contributed by atoms with van der Waals surface area (Å²) < 4.78 is 0. The normalized spacial score (nSPS) is 11.7. The van der Waals surface area contributed by atoms with Gasteiger partial charge in [-0.2, -0.15) is 0 Å². The Balaban J connectivity index is 0. The third-order valence-corrected chi connectivity index (χ3v) is 1.16. The van der Waals surface area contributed by atoms with Gasteiger partial charge < -0.3 is 15.9 Å². The lowest BCUT2D eigenvalue weighted by Gasteiger charge is -2.04. The van der Waals surface area contributed by atoms with Crippen molar-refractivity contribution < 1.29 is 10.2 Å². The second kappa shape index (κ2) is 12.5. The van der Waals surface area contributed by atoms with E-state index in [0.29, 0.717) is 0 Å². The van der Waals surface area contributed by atoms with Crippen molar-refractivity contribution >= 4 is 0 Å². The second-order valence-electron chi connectivity index (χ2n) is 2.40. The molecule has 0 rings (SSSR count). The average molecular weight is 163 g/mol. The highest BCUT2D eigenvalue weighted by Crippen LogP contribution is 1.95. The molecule has 0 radical (unpaired) electrons. The van der Waals surface area contributed by atoms with E-state index in [1.165, 1.54) is 0 Å². The SMILES string of the molecule is CCCC[C@H](N)CO.CCO. The number of hydrogen-bond donors (Lipinski definition) is 3. The summed E-state index contributed by atoms with van der Waals surface area (Å²) in [5.74, 6) is 0. The fraction of sp³-hybridized carbons (Fsp3) is 1.00. The van der Waals surface area contributed by atoms with Crippen LogP contribution in [0, 0.1) is 0 Å². The van der Waals surface area contributed by atoms with Crippen molar-refractivity contribution in [1.82, 2.24) is 0 Å². The van der Waals surface area contributed by atoms with E-state index in [4.69, 9.17) is 15.9 Å². The van der Waals surface area contributed by atoms with Crippen LogP contribution in [0.1, 0.15) is 33.1 Å². The van der Waals surface area contributed by atoms with Gasteiger partial charge in [0.25, 0.3) is 0 Å². The van der Waals surface area contributed by atoms with Gasteiger partial charge >= 0.3 is 0 Å². The van der Waals surface area contributed by atoms with Crippen LogP contribution in [-0.2, 0) is 0 Å². The molecule has 0 unspecified atom stereocenters. The van der Waals surface area contributed by atoms with Crippen LogP contribution in [0.3, 0.4) is 0 Å². The number of hydrogen-bond acceptors (Lipinski definition) is 3. The maximum absolute atomic E-state index is 8.44. The Bertz CT molecular complexity index is 60.1. The van der Waals surface area contributed by atoms with E-state index < -0.39 is 0 Å². The minimum absolute atomic E-state index is 0.00921. The zero-order chi connectivity index (χ0) is 9.11. The Morgan fingerprint density at radius 2 is 1.73 bits per heavy atom. The predicted molar refractivity (Wildman–Crippen MR) is 47.3 cm³/mol. The van der Waals surface area contributed by atoms with Crippen molar-refractivity contribution in [2.45, 2.75) is 39.2 Å². The Morgan fingerprint density at radius 1 is 1.27 bits per heavy atom. The van der Waals surface area contributed by atoms with Crippen molar-refractivity contribution in [3.63, 3.8) is 0 Å². The van der Waals surface area contributed by atoms with Gasteiger partial charge in [-0.05, 0) is 13.3 Å². The molecule has 0 aromatic rings. The first-order chi connectivity index (χ1) is 5.22. The fourth-order valence-electron chi connectivity index (χ4n) is 0.558. The molecule has 0 fully saturated rings. The van der Waals surface area contributed by atoms with Gasteiger partial charge in [0.1, 0.15) is 0 Å². The van der Waals surface area contributed by atoms with Crippen molar-refractivity contribution in [1.29, 1.82) is 0 Å². The Labute approximate surface area is 69.2 Å². The molecule has 0 aromatic carbocycles. The van der Waals surface area contributed by atoms with Crippen LogP contribution >= 0.6 is 0 Å². The molecule has 70 valence electrons. The van der Waals surface area contributed by atoms with E-state index in [1.54, 1.807) is 6.92 Å². The van der Waals surface area contributed by atoms with Crippen LogP contribution in [0.2, 0.25) is 0 Å².